The van der Waals surface area contributed by atoms with Crippen LogP contribution in [0.3, 0.4) is 0 Å². The number of para-hydroxylation sites is 2. The van der Waals surface area contributed by atoms with Gasteiger partial charge >= 0.3 is 0 Å². The highest BCUT2D eigenvalue weighted by atomic mass is 32.1. The molecule has 0 saturated carbocycles. The molecule has 1 fully saturated rings. The molecule has 8 heteroatoms. The molecular formula is C12H17N5O2S. The van der Waals surface area contributed by atoms with Gasteiger partial charge in [-0.15, -0.1) is 0 Å². The van der Waals surface area contributed by atoms with Crippen LogP contribution in [-0.2, 0) is 0 Å². The van der Waals surface area contributed by atoms with Gasteiger partial charge in [0, 0.05) is 32.2 Å². The Morgan fingerprint density at radius 3 is 2.60 bits per heavy atom. The van der Waals surface area contributed by atoms with Gasteiger partial charge < -0.3 is 10.2 Å². The number of thiocarbonyl (C=S) groups is 1. The van der Waals surface area contributed by atoms with Crippen molar-refractivity contribution in [1.82, 2.24) is 15.3 Å². The minimum absolute atomic E-state index is 0.00928. The molecule has 1 aliphatic heterocycles. The van der Waals surface area contributed by atoms with Gasteiger partial charge in [0.25, 0.3) is 5.69 Å². The van der Waals surface area contributed by atoms with Gasteiger partial charge in [-0.1, -0.05) is 12.1 Å². The maximum atomic E-state index is 10.9. The second kappa shape index (κ2) is 6.60. The van der Waals surface area contributed by atoms with Crippen LogP contribution in [-0.4, -0.2) is 53.2 Å². The fraction of sp³-hybridized carbons (Fsp3) is 0.417. The van der Waals surface area contributed by atoms with E-state index in [0.717, 1.165) is 26.2 Å². The lowest BCUT2D eigenvalue weighted by molar-refractivity contribution is -0.383. The monoisotopic (exact) mass is 295 g/mol. The van der Waals surface area contributed by atoms with Gasteiger partial charge in [-0.05, 0) is 25.3 Å². The number of likely N-dealkylation sites (N-methyl/N-ethyl adjacent to an activating group) is 1. The first-order valence-corrected chi connectivity index (χ1v) is 6.71. The molecule has 0 spiro atoms. The lowest BCUT2D eigenvalue weighted by Gasteiger charge is -2.33. The van der Waals surface area contributed by atoms with E-state index in [9.17, 15) is 10.1 Å². The zero-order valence-corrected chi connectivity index (χ0v) is 12.0. The van der Waals surface area contributed by atoms with E-state index in [4.69, 9.17) is 12.2 Å². The molecule has 0 aliphatic carbocycles. The molecule has 0 amide bonds. The Morgan fingerprint density at radius 1 is 1.30 bits per heavy atom. The van der Waals surface area contributed by atoms with Gasteiger partial charge in [-0.2, -0.15) is 0 Å². The molecule has 2 rings (SSSR count). The van der Waals surface area contributed by atoms with Crippen molar-refractivity contribution in [2.75, 3.05) is 38.5 Å². The number of benzene rings is 1. The number of nitrogens with one attached hydrogen (secondary N) is 2. The normalized spacial score (nSPS) is 16.6. The molecule has 1 aliphatic rings. The predicted octanol–water partition coefficient (Wildman–Crippen LogP) is 1.04. The SMILES string of the molecule is CN1CCN(NC(=S)Nc2ccccc2[N+](=O)[O-])CC1. The third kappa shape index (κ3) is 3.86. The smallest absolute Gasteiger partial charge is 0.292 e. The molecule has 1 aromatic rings. The number of hydrogen-bond acceptors (Lipinski definition) is 5. The number of piperazine rings is 1. The topological polar surface area (TPSA) is 73.7 Å². The third-order valence-corrected chi connectivity index (χ3v) is 3.31. The number of rotatable bonds is 3. The predicted molar refractivity (Wildman–Crippen MR) is 81.5 cm³/mol. The molecule has 0 aromatic heterocycles. The van der Waals surface area contributed by atoms with Crippen molar-refractivity contribution in [3.05, 3.63) is 34.4 Å². The molecule has 2 N–H and O–H groups in total. The summed E-state index contributed by atoms with van der Waals surface area (Å²) >= 11 is 5.19. The number of hydrazine groups is 1. The summed E-state index contributed by atoms with van der Waals surface area (Å²) in [6.07, 6.45) is 0. The van der Waals surface area contributed by atoms with Crippen LogP contribution in [0.4, 0.5) is 11.4 Å². The molecule has 1 heterocycles. The quantitative estimate of drug-likeness (QED) is 0.490. The van der Waals surface area contributed by atoms with Crippen LogP contribution >= 0.6 is 12.2 Å². The lowest BCUT2D eigenvalue weighted by Crippen LogP contribution is -2.53. The van der Waals surface area contributed by atoms with Crippen LogP contribution in [0.5, 0.6) is 0 Å². The van der Waals surface area contributed by atoms with Gasteiger partial charge in [0.1, 0.15) is 5.69 Å². The standard InChI is InChI=1S/C12H17N5O2S/c1-15-6-8-16(9-7-15)14-12(20)13-10-4-2-3-5-11(10)17(18)19/h2-5H,6-9H2,1H3,(H2,13,14,20). The first kappa shape index (κ1) is 14.6. The summed E-state index contributed by atoms with van der Waals surface area (Å²) in [5.74, 6) is 0. The average Bonchev–Trinajstić information content (AvgIpc) is 2.41. The minimum atomic E-state index is -0.430. The van der Waals surface area contributed by atoms with E-state index in [2.05, 4.69) is 22.7 Å². The van der Waals surface area contributed by atoms with Crippen molar-refractivity contribution in [2.24, 2.45) is 0 Å². The molecule has 0 bridgehead atoms. The van der Waals surface area contributed by atoms with Crippen LogP contribution in [0.2, 0.25) is 0 Å². The molecule has 0 atom stereocenters. The highest BCUT2D eigenvalue weighted by molar-refractivity contribution is 7.80. The van der Waals surface area contributed by atoms with Crippen LogP contribution in [0, 0.1) is 10.1 Å². The first-order chi connectivity index (χ1) is 9.56. The number of hydrogen-bond donors (Lipinski definition) is 2. The summed E-state index contributed by atoms with van der Waals surface area (Å²) in [7, 11) is 2.07. The van der Waals surface area contributed by atoms with Crippen molar-refractivity contribution < 1.29 is 4.92 Å². The maximum Gasteiger partial charge on any atom is 0.292 e. The van der Waals surface area contributed by atoms with E-state index in [1.54, 1.807) is 18.2 Å². The second-order valence-electron chi connectivity index (χ2n) is 4.63. The van der Waals surface area contributed by atoms with Crippen LogP contribution in [0.15, 0.2) is 24.3 Å². The largest absolute Gasteiger partial charge is 0.326 e. The highest BCUT2D eigenvalue weighted by Crippen LogP contribution is 2.22. The highest BCUT2D eigenvalue weighted by Gasteiger charge is 2.16. The van der Waals surface area contributed by atoms with Crippen LogP contribution < -0.4 is 10.7 Å². The Balaban J connectivity index is 1.93. The molecule has 1 saturated heterocycles. The molecule has 20 heavy (non-hydrogen) atoms. The summed E-state index contributed by atoms with van der Waals surface area (Å²) in [5.41, 5.74) is 3.46. The van der Waals surface area contributed by atoms with Gasteiger partial charge in [-0.3, -0.25) is 15.5 Å². The van der Waals surface area contributed by atoms with Crippen molar-refractivity contribution >= 4 is 28.7 Å². The van der Waals surface area contributed by atoms with Gasteiger partial charge in [-0.25, -0.2) is 5.01 Å². The van der Waals surface area contributed by atoms with E-state index in [0.29, 0.717) is 10.8 Å². The van der Waals surface area contributed by atoms with E-state index < -0.39 is 4.92 Å². The summed E-state index contributed by atoms with van der Waals surface area (Å²) in [4.78, 5) is 12.7. The minimum Gasteiger partial charge on any atom is -0.326 e. The van der Waals surface area contributed by atoms with Crippen molar-refractivity contribution in [3.8, 4) is 0 Å². The molecule has 7 nitrogen and oxygen atoms in total. The first-order valence-electron chi connectivity index (χ1n) is 6.31. The molecule has 0 radical (unpaired) electrons. The van der Waals surface area contributed by atoms with Gasteiger partial charge in [0.2, 0.25) is 0 Å². The fourth-order valence-corrected chi connectivity index (χ4v) is 2.19. The Bertz CT molecular complexity index is 502. The van der Waals surface area contributed by atoms with E-state index in [-0.39, 0.29) is 5.69 Å². The lowest BCUT2D eigenvalue weighted by atomic mass is 10.3. The summed E-state index contributed by atoms with van der Waals surface area (Å²) in [6.45, 7) is 3.63. The van der Waals surface area contributed by atoms with E-state index in [1.165, 1.54) is 6.07 Å². The third-order valence-electron chi connectivity index (χ3n) is 3.11. The number of nitro groups is 1. The molecule has 1 aromatic carbocycles. The maximum absolute atomic E-state index is 10.9. The fourth-order valence-electron chi connectivity index (χ4n) is 1.95. The van der Waals surface area contributed by atoms with Gasteiger partial charge in [0.15, 0.2) is 5.11 Å². The summed E-state index contributed by atoms with van der Waals surface area (Å²) in [5, 5.41) is 16.2. The Hall–Kier alpha value is -1.77. The zero-order valence-electron chi connectivity index (χ0n) is 11.2. The second-order valence-corrected chi connectivity index (χ2v) is 5.04. The summed E-state index contributed by atoms with van der Waals surface area (Å²) < 4.78 is 0. The molecule has 0 unspecified atom stereocenters. The van der Waals surface area contributed by atoms with Crippen molar-refractivity contribution in [3.63, 3.8) is 0 Å². The number of nitrogens with zero attached hydrogens (tertiary/aromatic N) is 3. The molecule has 108 valence electrons. The Labute approximate surface area is 122 Å². The Kier molecular flexibility index (Phi) is 4.83. The van der Waals surface area contributed by atoms with Crippen LogP contribution in [0.1, 0.15) is 0 Å². The van der Waals surface area contributed by atoms with E-state index >= 15 is 0 Å². The Morgan fingerprint density at radius 2 is 1.95 bits per heavy atom. The summed E-state index contributed by atoms with van der Waals surface area (Å²) in [6, 6.07) is 6.44. The molecular weight excluding hydrogens is 278 g/mol. The van der Waals surface area contributed by atoms with E-state index in [1.807, 2.05) is 5.01 Å². The van der Waals surface area contributed by atoms with Gasteiger partial charge in [0.05, 0.1) is 4.92 Å². The number of anilines is 1. The zero-order chi connectivity index (χ0) is 14.5. The van der Waals surface area contributed by atoms with Crippen LogP contribution in [0.25, 0.3) is 0 Å². The van der Waals surface area contributed by atoms with Crippen molar-refractivity contribution in [2.45, 2.75) is 0 Å². The average molecular weight is 295 g/mol. The number of nitro benzene ring substituents is 1. The van der Waals surface area contributed by atoms with Crippen molar-refractivity contribution in [1.29, 1.82) is 0 Å².